The van der Waals surface area contributed by atoms with E-state index in [0.717, 1.165) is 33.2 Å². The molecule has 2 aromatic carbocycles. The number of carbonyl (C=O) groups is 1. The molecule has 0 bridgehead atoms. The maximum Gasteiger partial charge on any atom is 0.308 e. The van der Waals surface area contributed by atoms with Crippen LogP contribution in [-0.4, -0.2) is 5.97 Å². The molecule has 3 aromatic rings. The Morgan fingerprint density at radius 1 is 0.897 bits per heavy atom. The summed E-state index contributed by atoms with van der Waals surface area (Å²) in [7, 11) is 0. The summed E-state index contributed by atoms with van der Waals surface area (Å²) in [5.41, 5.74) is 7.48. The lowest BCUT2D eigenvalue weighted by molar-refractivity contribution is -0.131. The molecule has 1 aromatic heterocycles. The summed E-state index contributed by atoms with van der Waals surface area (Å²) >= 11 is 0. The zero-order valence-corrected chi connectivity index (χ0v) is 19.1. The van der Waals surface area contributed by atoms with Gasteiger partial charge >= 0.3 is 5.97 Å². The Morgan fingerprint density at radius 2 is 1.48 bits per heavy atom. The number of aryl methyl sites for hydroxylation is 2. The van der Waals surface area contributed by atoms with Crippen LogP contribution in [0.2, 0.25) is 0 Å². The molecule has 0 saturated heterocycles. The van der Waals surface area contributed by atoms with E-state index in [1.807, 2.05) is 20.1 Å². The fourth-order valence-electron chi connectivity index (χ4n) is 3.76. The lowest BCUT2D eigenvalue weighted by Crippen LogP contribution is -2.16. The van der Waals surface area contributed by atoms with Crippen LogP contribution in [0.5, 0.6) is 5.75 Å². The van der Waals surface area contributed by atoms with Gasteiger partial charge in [0.2, 0.25) is 0 Å². The molecule has 0 unspecified atom stereocenters. The molecule has 154 valence electrons. The summed E-state index contributed by atoms with van der Waals surface area (Å²) in [5.74, 6) is 0.335. The van der Waals surface area contributed by atoms with E-state index in [0.29, 0.717) is 5.75 Å². The number of fused-ring (bicyclic) bond motifs is 1. The van der Waals surface area contributed by atoms with Crippen molar-refractivity contribution >= 4 is 16.9 Å². The van der Waals surface area contributed by atoms with Gasteiger partial charge in [-0.15, -0.1) is 0 Å². The number of carbonyl (C=O) groups excluding carboxylic acids is 1. The van der Waals surface area contributed by atoms with Crippen molar-refractivity contribution in [2.24, 2.45) is 0 Å². The smallest absolute Gasteiger partial charge is 0.308 e. The van der Waals surface area contributed by atoms with Crippen molar-refractivity contribution in [3.8, 4) is 16.9 Å². The van der Waals surface area contributed by atoms with Gasteiger partial charge in [0.25, 0.3) is 0 Å². The first-order chi connectivity index (χ1) is 13.3. The Labute approximate surface area is 174 Å². The van der Waals surface area contributed by atoms with E-state index in [-0.39, 0.29) is 16.8 Å². The lowest BCUT2D eigenvalue weighted by atomic mass is 9.79. The van der Waals surface area contributed by atoms with E-state index in [2.05, 4.69) is 65.8 Å². The van der Waals surface area contributed by atoms with Crippen LogP contribution in [-0.2, 0) is 15.6 Å². The van der Waals surface area contributed by atoms with Crippen LogP contribution in [0.3, 0.4) is 0 Å². The molecule has 3 heteroatoms. The number of ether oxygens (including phenoxy) is 1. The highest BCUT2D eigenvalue weighted by atomic mass is 16.5. The Hall–Kier alpha value is -2.55. The van der Waals surface area contributed by atoms with Crippen molar-refractivity contribution in [3.05, 3.63) is 52.8 Å². The predicted molar refractivity (Wildman–Crippen MR) is 120 cm³/mol. The summed E-state index contributed by atoms with van der Waals surface area (Å²) in [6.45, 7) is 18.7. The Bertz CT molecular complexity index is 1060. The van der Waals surface area contributed by atoms with Gasteiger partial charge in [-0.25, -0.2) is 0 Å². The van der Waals surface area contributed by atoms with Crippen molar-refractivity contribution in [1.82, 2.24) is 0 Å². The highest BCUT2D eigenvalue weighted by Crippen LogP contribution is 2.41. The second-order valence-electron chi connectivity index (χ2n) is 10.1. The zero-order chi connectivity index (χ0) is 21.7. The maximum atomic E-state index is 11.4. The minimum atomic E-state index is -0.303. The van der Waals surface area contributed by atoms with Gasteiger partial charge in [0.1, 0.15) is 11.3 Å². The molecular weight excluding hydrogens is 360 g/mol. The van der Waals surface area contributed by atoms with Gasteiger partial charge in [0.05, 0.1) is 6.26 Å². The number of hydrogen-bond donors (Lipinski definition) is 0. The van der Waals surface area contributed by atoms with Crippen LogP contribution < -0.4 is 4.74 Å². The van der Waals surface area contributed by atoms with E-state index in [9.17, 15) is 4.79 Å². The predicted octanol–water partition coefficient (Wildman–Crippen LogP) is 7.24. The third-order valence-corrected chi connectivity index (χ3v) is 5.36. The monoisotopic (exact) mass is 392 g/mol. The van der Waals surface area contributed by atoms with Crippen molar-refractivity contribution in [2.75, 3.05) is 0 Å². The van der Waals surface area contributed by atoms with Crippen LogP contribution in [0, 0.1) is 13.8 Å². The first-order valence-electron chi connectivity index (χ1n) is 10.2. The van der Waals surface area contributed by atoms with E-state index in [1.165, 1.54) is 18.1 Å². The third-order valence-electron chi connectivity index (χ3n) is 5.36. The lowest BCUT2D eigenvalue weighted by Gasteiger charge is -2.25. The molecule has 0 spiro atoms. The highest BCUT2D eigenvalue weighted by molar-refractivity contribution is 5.97. The Balaban J connectivity index is 2.28. The largest absolute Gasteiger partial charge is 0.463 e. The number of furan rings is 1. The average Bonchev–Trinajstić information content (AvgIpc) is 2.99. The first-order valence-corrected chi connectivity index (χ1v) is 10.2. The molecule has 0 N–H and O–H groups in total. The van der Waals surface area contributed by atoms with E-state index >= 15 is 0 Å². The minimum absolute atomic E-state index is 0.0281. The van der Waals surface area contributed by atoms with Crippen molar-refractivity contribution in [1.29, 1.82) is 0 Å². The second-order valence-corrected chi connectivity index (χ2v) is 10.1. The molecule has 0 aliphatic carbocycles. The van der Waals surface area contributed by atoms with Crippen molar-refractivity contribution in [3.63, 3.8) is 0 Å². The normalized spacial score (nSPS) is 12.4. The van der Waals surface area contributed by atoms with Gasteiger partial charge in [0.15, 0.2) is 0 Å². The number of benzene rings is 2. The quantitative estimate of drug-likeness (QED) is 0.341. The minimum Gasteiger partial charge on any atom is -0.463 e. The number of rotatable bonds is 2. The van der Waals surface area contributed by atoms with Gasteiger partial charge in [-0.3, -0.25) is 4.79 Å². The molecule has 0 saturated carbocycles. The molecule has 0 atom stereocenters. The highest BCUT2D eigenvalue weighted by Gasteiger charge is 2.25. The van der Waals surface area contributed by atoms with Crippen molar-refractivity contribution < 1.29 is 13.9 Å². The molecule has 1 heterocycles. The number of esters is 1. The van der Waals surface area contributed by atoms with Crippen LogP contribution in [0.15, 0.2) is 34.9 Å². The van der Waals surface area contributed by atoms with Gasteiger partial charge in [-0.2, -0.15) is 0 Å². The van der Waals surface area contributed by atoms with Gasteiger partial charge in [-0.1, -0.05) is 47.6 Å². The molecule has 3 rings (SSSR count). The fourth-order valence-corrected chi connectivity index (χ4v) is 3.76. The number of hydrogen-bond acceptors (Lipinski definition) is 3. The Morgan fingerprint density at radius 3 is 1.97 bits per heavy atom. The summed E-state index contributed by atoms with van der Waals surface area (Å²) in [6.07, 6.45) is 1.85. The van der Waals surface area contributed by atoms with Crippen LogP contribution in [0.4, 0.5) is 0 Å². The van der Waals surface area contributed by atoms with E-state index < -0.39 is 0 Å². The average molecular weight is 393 g/mol. The summed E-state index contributed by atoms with van der Waals surface area (Å²) in [4.78, 5) is 11.4. The van der Waals surface area contributed by atoms with Gasteiger partial charge in [-0.05, 0) is 65.1 Å². The summed E-state index contributed by atoms with van der Waals surface area (Å²) in [6, 6.07) is 8.68. The second kappa shape index (κ2) is 7.05. The van der Waals surface area contributed by atoms with Gasteiger partial charge in [0, 0.05) is 23.4 Å². The summed E-state index contributed by atoms with van der Waals surface area (Å²) < 4.78 is 11.5. The van der Waals surface area contributed by atoms with Crippen LogP contribution >= 0.6 is 0 Å². The molecule has 0 amide bonds. The van der Waals surface area contributed by atoms with E-state index in [1.54, 1.807) is 0 Å². The molecular formula is C26H32O3. The summed E-state index contributed by atoms with van der Waals surface area (Å²) in [5, 5.41) is 1.13. The standard InChI is InChI=1S/C26H32O3/c1-15-10-18(11-16(2)23(15)29-17(3)27)21-14-28-24-20(21)12-19(25(4,5)6)13-22(24)26(7,8)9/h10-14H,1-9H3. The maximum absolute atomic E-state index is 11.4. The topological polar surface area (TPSA) is 39.4 Å². The van der Waals surface area contributed by atoms with Crippen molar-refractivity contribution in [2.45, 2.75) is 73.1 Å². The SMILES string of the molecule is CC(=O)Oc1c(C)cc(-c2coc3c(C(C)(C)C)cc(C(C)(C)C)cc23)cc1C. The Kier molecular flexibility index (Phi) is 5.15. The molecule has 0 aliphatic heterocycles. The van der Waals surface area contributed by atoms with E-state index in [4.69, 9.17) is 9.15 Å². The first kappa shape index (κ1) is 21.2. The third kappa shape index (κ3) is 4.10. The molecule has 29 heavy (non-hydrogen) atoms. The fraction of sp³-hybridized carbons (Fsp3) is 0.423. The van der Waals surface area contributed by atoms with Crippen LogP contribution in [0.1, 0.15) is 70.7 Å². The van der Waals surface area contributed by atoms with Crippen LogP contribution in [0.25, 0.3) is 22.1 Å². The molecule has 0 aliphatic rings. The zero-order valence-electron chi connectivity index (χ0n) is 19.1. The molecule has 0 radical (unpaired) electrons. The molecule has 3 nitrogen and oxygen atoms in total. The molecule has 0 fully saturated rings. The van der Waals surface area contributed by atoms with Gasteiger partial charge < -0.3 is 9.15 Å².